The Labute approximate surface area is 105 Å². The minimum absolute atomic E-state index is 0.189. The second-order valence-corrected chi connectivity index (χ2v) is 5.90. The highest BCUT2D eigenvalue weighted by Gasteiger charge is 2.29. The van der Waals surface area contributed by atoms with Gasteiger partial charge in [-0.15, -0.1) is 0 Å². The third kappa shape index (κ3) is 3.44. The van der Waals surface area contributed by atoms with Gasteiger partial charge < -0.3 is 11.1 Å². The van der Waals surface area contributed by atoms with Crippen LogP contribution in [0.25, 0.3) is 0 Å². The van der Waals surface area contributed by atoms with Gasteiger partial charge in [-0.05, 0) is 50.9 Å². The van der Waals surface area contributed by atoms with Crippen molar-refractivity contribution in [3.8, 4) is 0 Å². The normalized spacial score (nSPS) is 38.0. The lowest BCUT2D eigenvalue weighted by atomic mass is 9.84. The molecule has 2 saturated carbocycles. The first-order chi connectivity index (χ1) is 8.19. The van der Waals surface area contributed by atoms with Gasteiger partial charge in [-0.25, -0.2) is 0 Å². The lowest BCUT2D eigenvalue weighted by molar-refractivity contribution is -0.125. The molecule has 0 bridgehead atoms. The SMILES string of the molecule is CCC1CCC(NC(=O)C2CCC(N)C2)CC1. The Kier molecular flexibility index (Phi) is 4.43. The molecule has 0 aromatic heterocycles. The molecular formula is C14H26N2O. The third-order valence-electron chi connectivity index (χ3n) is 4.61. The zero-order valence-electron chi connectivity index (χ0n) is 11.0. The number of amides is 1. The molecule has 3 nitrogen and oxygen atoms in total. The standard InChI is InChI=1S/C14H26N2O/c1-2-10-3-7-13(8-4-10)16-14(17)11-5-6-12(15)9-11/h10-13H,2-9,15H2,1H3,(H,16,17). The molecular weight excluding hydrogens is 212 g/mol. The van der Waals surface area contributed by atoms with E-state index in [0.717, 1.165) is 25.2 Å². The van der Waals surface area contributed by atoms with Gasteiger partial charge >= 0.3 is 0 Å². The summed E-state index contributed by atoms with van der Waals surface area (Å²) >= 11 is 0. The first kappa shape index (κ1) is 12.9. The van der Waals surface area contributed by atoms with Gasteiger partial charge in [-0.2, -0.15) is 0 Å². The number of carbonyl (C=O) groups excluding carboxylic acids is 1. The van der Waals surface area contributed by atoms with Crippen LogP contribution in [-0.2, 0) is 4.79 Å². The zero-order valence-corrected chi connectivity index (χ0v) is 11.0. The lowest BCUT2D eigenvalue weighted by Gasteiger charge is -2.29. The summed E-state index contributed by atoms with van der Waals surface area (Å²) in [6, 6.07) is 0.684. The Balaban J connectivity index is 1.72. The fourth-order valence-electron chi connectivity index (χ4n) is 3.29. The van der Waals surface area contributed by atoms with Gasteiger partial charge in [-0.1, -0.05) is 13.3 Å². The molecule has 3 heteroatoms. The van der Waals surface area contributed by atoms with Gasteiger partial charge in [0.2, 0.25) is 5.91 Å². The molecule has 2 aliphatic rings. The number of carbonyl (C=O) groups is 1. The van der Waals surface area contributed by atoms with E-state index in [0.29, 0.717) is 6.04 Å². The number of hydrogen-bond acceptors (Lipinski definition) is 2. The van der Waals surface area contributed by atoms with Crippen molar-refractivity contribution in [3.63, 3.8) is 0 Å². The fourth-order valence-corrected chi connectivity index (χ4v) is 3.29. The molecule has 17 heavy (non-hydrogen) atoms. The monoisotopic (exact) mass is 238 g/mol. The largest absolute Gasteiger partial charge is 0.353 e. The van der Waals surface area contributed by atoms with E-state index >= 15 is 0 Å². The minimum Gasteiger partial charge on any atom is -0.353 e. The molecule has 0 radical (unpaired) electrons. The molecule has 0 aromatic carbocycles. The predicted octanol–water partition coefficient (Wildman–Crippen LogP) is 2.20. The van der Waals surface area contributed by atoms with Gasteiger partial charge in [0.15, 0.2) is 0 Å². The van der Waals surface area contributed by atoms with E-state index in [9.17, 15) is 4.79 Å². The highest BCUT2D eigenvalue weighted by Crippen LogP contribution is 2.28. The maximum atomic E-state index is 12.0. The second kappa shape index (κ2) is 5.85. The van der Waals surface area contributed by atoms with Crippen LogP contribution in [0.4, 0.5) is 0 Å². The molecule has 2 atom stereocenters. The number of nitrogens with one attached hydrogen (secondary N) is 1. The summed E-state index contributed by atoms with van der Waals surface area (Å²) in [6.45, 7) is 2.27. The van der Waals surface area contributed by atoms with E-state index in [2.05, 4.69) is 12.2 Å². The Morgan fingerprint density at radius 2 is 1.88 bits per heavy atom. The van der Waals surface area contributed by atoms with Crippen LogP contribution in [0.2, 0.25) is 0 Å². The Bertz CT molecular complexity index is 259. The molecule has 2 rings (SSSR count). The summed E-state index contributed by atoms with van der Waals surface area (Å²) in [5, 5.41) is 3.23. The Morgan fingerprint density at radius 3 is 2.41 bits per heavy atom. The van der Waals surface area contributed by atoms with E-state index in [1.165, 1.54) is 32.1 Å². The van der Waals surface area contributed by atoms with Crippen LogP contribution in [-0.4, -0.2) is 18.0 Å². The van der Waals surface area contributed by atoms with Crippen LogP contribution in [0.3, 0.4) is 0 Å². The first-order valence-electron chi connectivity index (χ1n) is 7.25. The highest BCUT2D eigenvalue weighted by atomic mass is 16.1. The highest BCUT2D eigenvalue weighted by molar-refractivity contribution is 5.79. The van der Waals surface area contributed by atoms with Crippen molar-refractivity contribution in [3.05, 3.63) is 0 Å². The van der Waals surface area contributed by atoms with Crippen LogP contribution in [0, 0.1) is 11.8 Å². The van der Waals surface area contributed by atoms with Crippen molar-refractivity contribution in [1.29, 1.82) is 0 Å². The third-order valence-corrected chi connectivity index (χ3v) is 4.61. The van der Waals surface area contributed by atoms with Crippen molar-refractivity contribution in [2.75, 3.05) is 0 Å². The topological polar surface area (TPSA) is 55.1 Å². The van der Waals surface area contributed by atoms with E-state index in [-0.39, 0.29) is 17.9 Å². The van der Waals surface area contributed by atoms with Crippen molar-refractivity contribution >= 4 is 5.91 Å². The van der Waals surface area contributed by atoms with Crippen LogP contribution >= 0.6 is 0 Å². The van der Waals surface area contributed by atoms with Gasteiger partial charge in [0.05, 0.1) is 0 Å². The van der Waals surface area contributed by atoms with Crippen molar-refractivity contribution in [2.24, 2.45) is 17.6 Å². The van der Waals surface area contributed by atoms with E-state index in [4.69, 9.17) is 5.73 Å². The molecule has 0 heterocycles. The van der Waals surface area contributed by atoms with Crippen molar-refractivity contribution in [2.45, 2.75) is 70.4 Å². The summed E-state index contributed by atoms with van der Waals surface area (Å²) in [4.78, 5) is 12.0. The number of hydrogen-bond donors (Lipinski definition) is 2. The van der Waals surface area contributed by atoms with Crippen LogP contribution in [0.5, 0.6) is 0 Å². The van der Waals surface area contributed by atoms with Crippen LogP contribution in [0.1, 0.15) is 58.3 Å². The van der Waals surface area contributed by atoms with Crippen molar-refractivity contribution < 1.29 is 4.79 Å². The molecule has 3 N–H and O–H groups in total. The average Bonchev–Trinajstić information content (AvgIpc) is 2.77. The number of nitrogens with two attached hydrogens (primary N) is 1. The van der Waals surface area contributed by atoms with Crippen molar-refractivity contribution in [1.82, 2.24) is 5.32 Å². The maximum Gasteiger partial charge on any atom is 0.223 e. The summed E-state index contributed by atoms with van der Waals surface area (Å²) in [7, 11) is 0. The lowest BCUT2D eigenvalue weighted by Crippen LogP contribution is -2.40. The van der Waals surface area contributed by atoms with E-state index in [1.807, 2.05) is 0 Å². The van der Waals surface area contributed by atoms with Gasteiger partial charge in [-0.3, -0.25) is 4.79 Å². The van der Waals surface area contributed by atoms with Gasteiger partial charge in [0.25, 0.3) is 0 Å². The molecule has 98 valence electrons. The molecule has 2 fully saturated rings. The van der Waals surface area contributed by atoms with Gasteiger partial charge in [0, 0.05) is 18.0 Å². The smallest absolute Gasteiger partial charge is 0.223 e. The second-order valence-electron chi connectivity index (χ2n) is 5.90. The molecule has 0 aliphatic heterocycles. The minimum atomic E-state index is 0.189. The average molecular weight is 238 g/mol. The van der Waals surface area contributed by atoms with Crippen LogP contribution in [0.15, 0.2) is 0 Å². The van der Waals surface area contributed by atoms with Crippen LogP contribution < -0.4 is 11.1 Å². The quantitative estimate of drug-likeness (QED) is 0.792. The predicted molar refractivity (Wildman–Crippen MR) is 69.5 cm³/mol. The summed E-state index contributed by atoms with van der Waals surface area (Å²) in [5.41, 5.74) is 5.85. The fraction of sp³-hybridized carbons (Fsp3) is 0.929. The molecule has 2 aliphatic carbocycles. The molecule has 0 spiro atoms. The van der Waals surface area contributed by atoms with Gasteiger partial charge in [0.1, 0.15) is 0 Å². The van der Waals surface area contributed by atoms with E-state index in [1.54, 1.807) is 0 Å². The zero-order chi connectivity index (χ0) is 12.3. The number of rotatable bonds is 3. The molecule has 0 saturated heterocycles. The molecule has 2 unspecified atom stereocenters. The Morgan fingerprint density at radius 1 is 1.18 bits per heavy atom. The summed E-state index contributed by atoms with van der Waals surface area (Å²) in [6.07, 6.45) is 9.08. The maximum absolute atomic E-state index is 12.0. The molecule has 0 aromatic rings. The summed E-state index contributed by atoms with van der Waals surface area (Å²) < 4.78 is 0. The molecule has 1 amide bonds. The summed E-state index contributed by atoms with van der Waals surface area (Å²) in [5.74, 6) is 1.34. The first-order valence-corrected chi connectivity index (χ1v) is 7.25. The van der Waals surface area contributed by atoms with E-state index < -0.39 is 0 Å². The Hall–Kier alpha value is -0.570.